The number of anilines is 1. The fourth-order valence-electron chi connectivity index (χ4n) is 5.71. The van der Waals surface area contributed by atoms with Gasteiger partial charge < -0.3 is 9.47 Å². The number of nitrogens with zero attached hydrogens (tertiary/aromatic N) is 3. The summed E-state index contributed by atoms with van der Waals surface area (Å²) in [5, 5.41) is 0.460. The number of carbonyl (C=O) groups is 1. The Morgan fingerprint density at radius 3 is 2.68 bits per heavy atom. The average molecular weight is 594 g/mol. The van der Waals surface area contributed by atoms with Gasteiger partial charge in [-0.3, -0.25) is 4.79 Å². The summed E-state index contributed by atoms with van der Waals surface area (Å²) < 4.78 is 44.8. The molecule has 1 fully saturated rings. The second-order valence-electron chi connectivity index (χ2n) is 10.8. The number of halogens is 2. The van der Waals surface area contributed by atoms with Gasteiger partial charge in [0.2, 0.25) is 21.0 Å². The third-order valence-corrected chi connectivity index (χ3v) is 9.78. The first-order valence-electron chi connectivity index (χ1n) is 13.6. The van der Waals surface area contributed by atoms with Crippen LogP contribution in [0, 0.1) is 23.3 Å². The summed E-state index contributed by atoms with van der Waals surface area (Å²) in [5.74, 6) is 0.208. The van der Waals surface area contributed by atoms with Crippen molar-refractivity contribution < 1.29 is 29.2 Å². The van der Waals surface area contributed by atoms with Crippen molar-refractivity contribution >= 4 is 21.6 Å². The molecule has 1 saturated carbocycles. The maximum absolute atomic E-state index is 14.0. The van der Waals surface area contributed by atoms with E-state index in [9.17, 15) is 17.6 Å². The lowest BCUT2D eigenvalue weighted by atomic mass is 9.87. The highest BCUT2D eigenvalue weighted by Gasteiger charge is 2.46. The van der Waals surface area contributed by atoms with Crippen molar-refractivity contribution in [3.8, 4) is 0 Å². The van der Waals surface area contributed by atoms with Crippen LogP contribution in [-0.4, -0.2) is 23.9 Å². The molecule has 4 aromatic rings. The highest BCUT2D eigenvalue weighted by atomic mass is 35.5. The number of rotatable bonds is 8. The van der Waals surface area contributed by atoms with E-state index in [2.05, 4.69) is 9.71 Å². The molecule has 0 spiro atoms. The molecule has 2 aliphatic carbocycles. The molecule has 1 N–H and O–H groups in total. The van der Waals surface area contributed by atoms with E-state index in [1.807, 2.05) is 36.0 Å². The molecule has 7 nitrogen and oxygen atoms in total. The lowest BCUT2D eigenvalue weighted by Gasteiger charge is -2.29. The van der Waals surface area contributed by atoms with Gasteiger partial charge in [0.05, 0.1) is 11.4 Å². The van der Waals surface area contributed by atoms with E-state index in [4.69, 9.17) is 11.6 Å². The quantitative estimate of drug-likeness (QED) is 0.313. The van der Waals surface area contributed by atoms with Crippen molar-refractivity contribution in [2.75, 3.05) is 4.90 Å². The van der Waals surface area contributed by atoms with Crippen LogP contribution in [0.5, 0.6) is 0 Å². The van der Waals surface area contributed by atoms with Crippen LogP contribution in [-0.2, 0) is 34.8 Å². The number of sulfonamides is 1. The topological polar surface area (TPSA) is 84.3 Å². The highest BCUT2D eigenvalue weighted by Crippen LogP contribution is 2.49. The zero-order valence-corrected chi connectivity index (χ0v) is 24.2. The minimum Gasteiger partial charge on any atom is -0.337 e. The summed E-state index contributed by atoms with van der Waals surface area (Å²) in [5.41, 5.74) is 3.57. The van der Waals surface area contributed by atoms with Crippen molar-refractivity contribution in [3.05, 3.63) is 112 Å². The molecule has 0 aliphatic heterocycles. The van der Waals surface area contributed by atoms with Crippen LogP contribution in [0.3, 0.4) is 0 Å². The number of hydrogen-bond donors (Lipinski definition) is 1. The van der Waals surface area contributed by atoms with Gasteiger partial charge in [0.25, 0.3) is 0 Å². The Balaban J connectivity index is 1.31. The van der Waals surface area contributed by atoms with Crippen LogP contribution in [0.15, 0.2) is 84.0 Å². The molecule has 3 aromatic carbocycles. The molecule has 0 radical (unpaired) electrons. The van der Waals surface area contributed by atoms with E-state index >= 15 is 0 Å². The number of aryl methyl sites for hydroxylation is 2. The molecule has 10 heteroatoms. The molecule has 1 aromatic heterocycles. The zero-order valence-electron chi connectivity index (χ0n) is 22.5. The van der Waals surface area contributed by atoms with E-state index in [0.717, 1.165) is 35.4 Å². The molecule has 2 aliphatic rings. The Morgan fingerprint density at radius 1 is 1.15 bits per heavy atom. The van der Waals surface area contributed by atoms with Crippen molar-refractivity contribution in [3.63, 3.8) is 0 Å². The molecule has 0 unspecified atom stereocenters. The lowest BCUT2D eigenvalue weighted by Crippen LogP contribution is -2.34. The highest BCUT2D eigenvalue weighted by molar-refractivity contribution is 7.89. The van der Waals surface area contributed by atoms with Crippen LogP contribution in [0.2, 0.25) is 5.02 Å². The Kier molecular flexibility index (Phi) is 7.44. The molecule has 41 heavy (non-hydrogen) atoms. The fraction of sp³-hybridized carbons (Fsp3) is 0.290. The predicted molar refractivity (Wildman–Crippen MR) is 151 cm³/mol. The maximum Gasteiger partial charge on any atom is 0.241 e. The van der Waals surface area contributed by atoms with Gasteiger partial charge in [0.15, 0.2) is 11.6 Å². The lowest BCUT2D eigenvalue weighted by molar-refractivity contribution is -0.289. The summed E-state index contributed by atoms with van der Waals surface area (Å²) in [7, 11) is -1.92. The third kappa shape index (κ3) is 5.80. The molecule has 1 amide bonds. The summed E-state index contributed by atoms with van der Waals surface area (Å²) >= 11 is 5.18. The van der Waals surface area contributed by atoms with Gasteiger partial charge in [0, 0.05) is 49.2 Å². The first-order chi connectivity index (χ1) is 19.7. The molecule has 6 rings (SSSR count). The normalized spacial score (nSPS) is 19.9. The van der Waals surface area contributed by atoms with Gasteiger partial charge in [-0.15, -0.1) is 0 Å². The molecular formula is C31H31ClFN4O3S+. The maximum atomic E-state index is 14.0. The van der Waals surface area contributed by atoms with E-state index in [1.54, 1.807) is 41.4 Å². The first-order valence-corrected chi connectivity index (χ1v) is 15.5. The number of aromatic nitrogens is 2. The molecule has 3 atom stereocenters. The zero-order chi connectivity index (χ0) is 28.7. The molecule has 212 valence electrons. The van der Waals surface area contributed by atoms with Crippen LogP contribution in [0.25, 0.3) is 0 Å². The van der Waals surface area contributed by atoms with Gasteiger partial charge in [-0.2, -0.15) is 0 Å². The molecule has 1 heterocycles. The molecular weight excluding hydrogens is 563 g/mol. The number of hydrogen-bond acceptors (Lipinski definition) is 4. The van der Waals surface area contributed by atoms with E-state index in [1.165, 1.54) is 18.2 Å². The van der Waals surface area contributed by atoms with Gasteiger partial charge >= 0.3 is 0 Å². The Morgan fingerprint density at radius 2 is 1.95 bits per heavy atom. The number of imidazole rings is 1. The predicted octanol–water partition coefficient (Wildman–Crippen LogP) is 4.95. The Bertz CT molecular complexity index is 1710. The van der Waals surface area contributed by atoms with Crippen molar-refractivity contribution in [1.82, 2.24) is 14.3 Å². The van der Waals surface area contributed by atoms with Gasteiger partial charge in [-0.05, 0) is 78.6 Å². The van der Waals surface area contributed by atoms with Gasteiger partial charge in [0.1, 0.15) is 11.6 Å². The Hall–Kier alpha value is -3.53. The number of amides is 1. The largest absolute Gasteiger partial charge is 0.337 e. The average Bonchev–Trinajstić information content (AvgIpc) is 3.66. The van der Waals surface area contributed by atoms with Crippen molar-refractivity contribution in [2.24, 2.45) is 13.0 Å². The van der Waals surface area contributed by atoms with Gasteiger partial charge in [-0.1, -0.05) is 24.3 Å². The minimum absolute atomic E-state index is 0.0301. The SMILES string of the molecule is Cn1ccnc1CN(C(=O)[C@@H]1C[C@H]1c1ccc(F)cc1)c1ccc2c(c1)[C@H](NS(=O)(=O)c1cccc([ClH+])c1)CCC2. The van der Waals surface area contributed by atoms with Crippen LogP contribution >= 0.6 is 0 Å². The standard InChI is InChI=1S/C31H31ClFN4O3S/c1-36-15-14-34-30(36)19-37(31(38)28-18-26(28)21-8-11-23(33)12-9-21)24-13-10-20-4-2-7-29(27(20)17-24)35-41(39,40)25-6-3-5-22(32)16-25/h3,5-6,8-17,26,28-29,32,35H,2,4,7,18-19H2,1H3/q+1/t26-,28+,29+/m0/s1. The van der Waals surface area contributed by atoms with Gasteiger partial charge in [-0.25, -0.2) is 22.5 Å². The van der Waals surface area contributed by atoms with Crippen molar-refractivity contribution in [2.45, 2.75) is 49.1 Å². The smallest absolute Gasteiger partial charge is 0.241 e. The van der Waals surface area contributed by atoms with E-state index < -0.39 is 16.1 Å². The van der Waals surface area contributed by atoms with Crippen LogP contribution in [0.4, 0.5) is 10.1 Å². The minimum atomic E-state index is -3.80. The Labute approximate surface area is 244 Å². The summed E-state index contributed by atoms with van der Waals surface area (Å²) in [6.45, 7) is 0.274. The number of fused-ring (bicyclic) bond motifs is 1. The van der Waals surface area contributed by atoms with Crippen LogP contribution < -0.4 is 9.62 Å². The second kappa shape index (κ2) is 11.0. The van der Waals surface area contributed by atoms with Crippen LogP contribution in [0.1, 0.15) is 53.7 Å². The number of carbonyl (C=O) groups excluding carboxylic acids is 1. The number of nitrogens with one attached hydrogen (secondary N) is 1. The van der Waals surface area contributed by atoms with E-state index in [-0.39, 0.29) is 35.0 Å². The third-order valence-electron chi connectivity index (χ3n) is 8.06. The molecule has 0 saturated heterocycles. The monoisotopic (exact) mass is 593 g/mol. The second-order valence-corrected chi connectivity index (χ2v) is 13.0. The van der Waals surface area contributed by atoms with Crippen molar-refractivity contribution in [1.29, 1.82) is 0 Å². The fourth-order valence-corrected chi connectivity index (χ4v) is 7.28. The summed E-state index contributed by atoms with van der Waals surface area (Å²) in [6.07, 6.45) is 6.55. The first kappa shape index (κ1) is 27.6. The number of benzene rings is 3. The summed E-state index contributed by atoms with van der Waals surface area (Å²) in [6, 6.07) is 18.1. The molecule has 0 bridgehead atoms. The van der Waals surface area contributed by atoms with E-state index in [0.29, 0.717) is 23.6 Å². The summed E-state index contributed by atoms with van der Waals surface area (Å²) in [4.78, 5) is 20.3.